The predicted octanol–water partition coefficient (Wildman–Crippen LogP) is 1.93. The van der Waals surface area contributed by atoms with Crippen molar-refractivity contribution in [1.29, 1.82) is 0 Å². The summed E-state index contributed by atoms with van der Waals surface area (Å²) >= 11 is 1.27. The van der Waals surface area contributed by atoms with Gasteiger partial charge in [0.25, 0.3) is 5.91 Å². The quantitative estimate of drug-likeness (QED) is 0.394. The van der Waals surface area contributed by atoms with Crippen LogP contribution in [0.1, 0.15) is 17.1 Å². The number of carbonyl (C=O) groups excluding carboxylic acids is 1. The average Bonchev–Trinajstić information content (AvgIpc) is 2.88. The number of hydrogen-bond donors (Lipinski definition) is 1. The van der Waals surface area contributed by atoms with Crippen LogP contribution in [0, 0.1) is 13.8 Å². The van der Waals surface area contributed by atoms with Crippen LogP contribution in [0.5, 0.6) is 0 Å². The summed E-state index contributed by atoms with van der Waals surface area (Å²) in [5.41, 5.74) is 4.19. The normalized spacial score (nSPS) is 10.9. The monoisotopic (exact) mass is 290 g/mol. The Bertz CT molecular complexity index is 591. The lowest BCUT2D eigenvalue weighted by molar-refractivity contribution is -0.118. The molecule has 1 N–H and O–H groups in total. The second-order valence-corrected chi connectivity index (χ2v) is 4.97. The van der Waals surface area contributed by atoms with Gasteiger partial charge in [-0.1, -0.05) is 11.8 Å². The summed E-state index contributed by atoms with van der Waals surface area (Å²) in [6.45, 7) is 3.79. The van der Waals surface area contributed by atoms with Crippen molar-refractivity contribution in [3.8, 4) is 0 Å². The van der Waals surface area contributed by atoms with Gasteiger partial charge in [0.05, 0.1) is 18.2 Å². The average molecular weight is 290 g/mol. The molecule has 0 aliphatic rings. The molecule has 2 aromatic rings. The molecular formula is C13H14N4O2S. The van der Waals surface area contributed by atoms with E-state index in [1.165, 1.54) is 24.2 Å². The molecule has 7 heteroatoms. The molecule has 0 fully saturated rings. The zero-order valence-electron chi connectivity index (χ0n) is 11.2. The molecule has 2 rings (SSSR count). The smallest absolute Gasteiger partial charge is 0.250 e. The summed E-state index contributed by atoms with van der Waals surface area (Å²) in [6.07, 6.45) is 2.98. The first-order chi connectivity index (χ1) is 9.63. The largest absolute Gasteiger partial charge is 0.463 e. The predicted molar refractivity (Wildman–Crippen MR) is 76.7 cm³/mol. The van der Waals surface area contributed by atoms with Crippen LogP contribution in [0.2, 0.25) is 0 Å². The van der Waals surface area contributed by atoms with Crippen LogP contribution >= 0.6 is 11.8 Å². The molecule has 0 aliphatic heterocycles. The van der Waals surface area contributed by atoms with E-state index in [-0.39, 0.29) is 11.7 Å². The van der Waals surface area contributed by atoms with Gasteiger partial charge in [0.2, 0.25) is 0 Å². The fourth-order valence-corrected chi connectivity index (χ4v) is 2.19. The van der Waals surface area contributed by atoms with Gasteiger partial charge in [-0.25, -0.2) is 15.4 Å². The topological polar surface area (TPSA) is 80.4 Å². The first-order valence-corrected chi connectivity index (χ1v) is 6.92. The van der Waals surface area contributed by atoms with Gasteiger partial charge in [-0.05, 0) is 32.0 Å². The van der Waals surface area contributed by atoms with Gasteiger partial charge in [0.15, 0.2) is 5.16 Å². The number of furan rings is 1. The Balaban J connectivity index is 1.80. The van der Waals surface area contributed by atoms with Crippen LogP contribution in [0.4, 0.5) is 0 Å². The summed E-state index contributed by atoms with van der Waals surface area (Å²) < 4.78 is 5.05. The zero-order chi connectivity index (χ0) is 14.4. The summed E-state index contributed by atoms with van der Waals surface area (Å²) in [5, 5.41) is 4.38. The standard InChI is InChI=1S/C13H14N4O2S/c1-9-6-10(2)16-13(15-9)20-8-12(18)17-14-7-11-4-3-5-19-11/h3-7H,8H2,1-2H3,(H,17,18)/b14-7+. The van der Waals surface area contributed by atoms with Crippen LogP contribution in [0.3, 0.4) is 0 Å². The Labute approximate surface area is 120 Å². The second kappa shape index (κ2) is 6.85. The maximum Gasteiger partial charge on any atom is 0.250 e. The van der Waals surface area contributed by atoms with Crippen molar-refractivity contribution in [3.05, 3.63) is 41.6 Å². The summed E-state index contributed by atoms with van der Waals surface area (Å²) in [7, 11) is 0. The summed E-state index contributed by atoms with van der Waals surface area (Å²) in [6, 6.07) is 5.38. The lowest BCUT2D eigenvalue weighted by Gasteiger charge is -2.02. The van der Waals surface area contributed by atoms with Crippen LogP contribution in [-0.2, 0) is 4.79 Å². The minimum absolute atomic E-state index is 0.207. The lowest BCUT2D eigenvalue weighted by atomic mass is 10.4. The van der Waals surface area contributed by atoms with E-state index in [1.54, 1.807) is 12.1 Å². The Morgan fingerprint density at radius 1 is 1.45 bits per heavy atom. The van der Waals surface area contributed by atoms with Crippen molar-refractivity contribution in [1.82, 2.24) is 15.4 Å². The van der Waals surface area contributed by atoms with Crippen LogP contribution in [0.15, 0.2) is 39.1 Å². The highest BCUT2D eigenvalue weighted by molar-refractivity contribution is 7.99. The highest BCUT2D eigenvalue weighted by Gasteiger charge is 2.05. The van der Waals surface area contributed by atoms with E-state index < -0.39 is 0 Å². The summed E-state index contributed by atoms with van der Waals surface area (Å²) in [5.74, 6) is 0.564. The molecular weight excluding hydrogens is 276 g/mol. The molecule has 0 aliphatic carbocycles. The van der Waals surface area contributed by atoms with Gasteiger partial charge in [-0.2, -0.15) is 5.10 Å². The minimum atomic E-state index is -0.222. The number of nitrogens with zero attached hydrogens (tertiary/aromatic N) is 3. The van der Waals surface area contributed by atoms with Gasteiger partial charge in [0.1, 0.15) is 5.76 Å². The Morgan fingerprint density at radius 3 is 2.85 bits per heavy atom. The van der Waals surface area contributed by atoms with Crippen LogP contribution < -0.4 is 5.43 Å². The maximum absolute atomic E-state index is 11.6. The van der Waals surface area contributed by atoms with Crippen molar-refractivity contribution >= 4 is 23.9 Å². The number of carbonyl (C=O) groups is 1. The minimum Gasteiger partial charge on any atom is -0.463 e. The number of nitrogens with one attached hydrogen (secondary N) is 1. The lowest BCUT2D eigenvalue weighted by Crippen LogP contribution is -2.19. The number of hydrogen-bond acceptors (Lipinski definition) is 6. The third-order valence-corrected chi connectivity index (χ3v) is 3.07. The number of rotatable bonds is 5. The van der Waals surface area contributed by atoms with E-state index in [1.807, 2.05) is 19.9 Å². The van der Waals surface area contributed by atoms with Crippen LogP contribution in [0.25, 0.3) is 0 Å². The second-order valence-electron chi connectivity index (χ2n) is 4.03. The first-order valence-electron chi connectivity index (χ1n) is 5.94. The SMILES string of the molecule is Cc1cc(C)nc(SCC(=O)N/N=C/c2ccco2)n1. The fourth-order valence-electron chi connectivity index (χ4n) is 1.45. The van der Waals surface area contributed by atoms with Gasteiger partial charge in [-0.3, -0.25) is 4.79 Å². The van der Waals surface area contributed by atoms with Gasteiger partial charge < -0.3 is 4.42 Å². The molecule has 0 saturated heterocycles. The molecule has 0 aromatic carbocycles. The molecule has 0 radical (unpaired) electrons. The number of aryl methyl sites for hydroxylation is 2. The molecule has 0 bridgehead atoms. The molecule has 0 atom stereocenters. The van der Waals surface area contributed by atoms with E-state index in [0.29, 0.717) is 10.9 Å². The fraction of sp³-hybridized carbons (Fsp3) is 0.231. The van der Waals surface area contributed by atoms with Crippen molar-refractivity contribution in [2.24, 2.45) is 5.10 Å². The third-order valence-electron chi connectivity index (χ3n) is 2.22. The molecule has 2 aromatic heterocycles. The van der Waals surface area contributed by atoms with Crippen LogP contribution in [-0.4, -0.2) is 27.8 Å². The van der Waals surface area contributed by atoms with E-state index in [0.717, 1.165) is 11.4 Å². The number of aromatic nitrogens is 2. The molecule has 1 amide bonds. The Hall–Kier alpha value is -2.15. The Kier molecular flexibility index (Phi) is 4.89. The molecule has 0 spiro atoms. The third kappa shape index (κ3) is 4.51. The molecule has 0 saturated carbocycles. The van der Waals surface area contributed by atoms with Crippen molar-refractivity contribution in [2.75, 3.05) is 5.75 Å². The van der Waals surface area contributed by atoms with E-state index >= 15 is 0 Å². The van der Waals surface area contributed by atoms with Crippen molar-refractivity contribution in [2.45, 2.75) is 19.0 Å². The van der Waals surface area contributed by atoms with Crippen molar-refractivity contribution in [3.63, 3.8) is 0 Å². The Morgan fingerprint density at radius 2 is 2.20 bits per heavy atom. The first kappa shape index (κ1) is 14.3. The zero-order valence-corrected chi connectivity index (χ0v) is 12.0. The summed E-state index contributed by atoms with van der Waals surface area (Å²) in [4.78, 5) is 20.1. The van der Waals surface area contributed by atoms with Gasteiger partial charge in [0, 0.05) is 11.4 Å². The number of amides is 1. The molecule has 20 heavy (non-hydrogen) atoms. The van der Waals surface area contributed by atoms with Gasteiger partial charge in [-0.15, -0.1) is 0 Å². The van der Waals surface area contributed by atoms with Crippen molar-refractivity contribution < 1.29 is 9.21 Å². The molecule has 6 nitrogen and oxygen atoms in total. The number of hydrazone groups is 1. The molecule has 104 valence electrons. The maximum atomic E-state index is 11.6. The highest BCUT2D eigenvalue weighted by Crippen LogP contribution is 2.13. The van der Waals surface area contributed by atoms with E-state index in [9.17, 15) is 4.79 Å². The van der Waals surface area contributed by atoms with E-state index in [2.05, 4.69) is 20.5 Å². The van der Waals surface area contributed by atoms with E-state index in [4.69, 9.17) is 4.42 Å². The van der Waals surface area contributed by atoms with Gasteiger partial charge >= 0.3 is 0 Å². The molecule has 2 heterocycles. The number of thioether (sulfide) groups is 1. The highest BCUT2D eigenvalue weighted by atomic mass is 32.2. The molecule has 0 unspecified atom stereocenters.